The Kier molecular flexibility index (Phi) is 6.60. The van der Waals surface area contributed by atoms with Crippen LogP contribution in [-0.2, 0) is 4.79 Å². The molecule has 2 aromatic carbocycles. The minimum absolute atomic E-state index is 0.0569. The van der Waals surface area contributed by atoms with E-state index >= 15 is 0 Å². The molecule has 0 spiro atoms. The standard InChI is InChI=1S/C24H21N3O5S/c1-15-20(21(26-32-15)17-6-4-3-5-7-17)22(28)25-12-13-27-23(29)19(33-24(27)30)14-16-8-10-18(31-2)11-9-16/h3-11,14H,12-13H2,1-2H3,(H,25,28)/b19-14+. The summed E-state index contributed by atoms with van der Waals surface area (Å²) in [6.07, 6.45) is 1.66. The molecule has 1 aliphatic heterocycles. The van der Waals surface area contributed by atoms with Crippen LogP contribution in [0, 0.1) is 6.92 Å². The van der Waals surface area contributed by atoms with E-state index in [0.29, 0.717) is 27.7 Å². The lowest BCUT2D eigenvalue weighted by Gasteiger charge is -2.13. The van der Waals surface area contributed by atoms with Crippen molar-refractivity contribution in [2.75, 3.05) is 20.2 Å². The number of amides is 3. The van der Waals surface area contributed by atoms with Crippen molar-refractivity contribution in [3.05, 3.63) is 76.4 Å². The third-order valence-electron chi connectivity index (χ3n) is 5.05. The lowest BCUT2D eigenvalue weighted by atomic mass is 10.1. The van der Waals surface area contributed by atoms with Crippen LogP contribution in [-0.4, -0.2) is 47.3 Å². The number of nitrogens with zero attached hydrogens (tertiary/aromatic N) is 2. The fourth-order valence-corrected chi connectivity index (χ4v) is 4.21. The van der Waals surface area contributed by atoms with Gasteiger partial charge in [-0.05, 0) is 42.5 Å². The molecule has 0 aliphatic carbocycles. The number of benzene rings is 2. The zero-order valence-electron chi connectivity index (χ0n) is 18.0. The number of thioether (sulfide) groups is 1. The van der Waals surface area contributed by atoms with Crippen molar-refractivity contribution in [3.63, 3.8) is 0 Å². The van der Waals surface area contributed by atoms with Crippen LogP contribution in [0.3, 0.4) is 0 Å². The second-order valence-corrected chi connectivity index (χ2v) is 8.18. The maximum atomic E-state index is 12.8. The summed E-state index contributed by atoms with van der Waals surface area (Å²) in [4.78, 5) is 39.3. The average molecular weight is 464 g/mol. The first kappa shape index (κ1) is 22.3. The molecular formula is C24H21N3O5S. The fraction of sp³-hybridized carbons (Fsp3) is 0.167. The number of methoxy groups -OCH3 is 1. The molecule has 0 radical (unpaired) electrons. The van der Waals surface area contributed by atoms with Gasteiger partial charge in [0.05, 0.1) is 12.0 Å². The molecule has 1 aliphatic rings. The normalized spacial score (nSPS) is 14.7. The van der Waals surface area contributed by atoms with Gasteiger partial charge in [0, 0.05) is 18.7 Å². The molecule has 1 fully saturated rings. The largest absolute Gasteiger partial charge is 0.497 e. The molecule has 2 heterocycles. The Hall–Kier alpha value is -3.85. The number of hydrogen-bond donors (Lipinski definition) is 1. The molecule has 8 nitrogen and oxygen atoms in total. The van der Waals surface area contributed by atoms with Gasteiger partial charge in [-0.2, -0.15) is 0 Å². The number of carbonyl (C=O) groups excluding carboxylic acids is 3. The van der Waals surface area contributed by atoms with Crippen LogP contribution in [0.15, 0.2) is 64.0 Å². The smallest absolute Gasteiger partial charge is 0.293 e. The van der Waals surface area contributed by atoms with E-state index in [4.69, 9.17) is 9.26 Å². The Labute approximate surface area is 194 Å². The maximum Gasteiger partial charge on any atom is 0.293 e. The van der Waals surface area contributed by atoms with Crippen LogP contribution >= 0.6 is 11.8 Å². The Morgan fingerprint density at radius 2 is 1.88 bits per heavy atom. The molecule has 0 unspecified atom stereocenters. The molecule has 0 saturated carbocycles. The van der Waals surface area contributed by atoms with E-state index in [-0.39, 0.29) is 30.1 Å². The van der Waals surface area contributed by atoms with Gasteiger partial charge in [0.15, 0.2) is 0 Å². The lowest BCUT2D eigenvalue weighted by Crippen LogP contribution is -2.37. The highest BCUT2D eigenvalue weighted by Gasteiger charge is 2.34. The van der Waals surface area contributed by atoms with E-state index in [0.717, 1.165) is 27.8 Å². The summed E-state index contributed by atoms with van der Waals surface area (Å²) in [6.45, 7) is 1.82. The topological polar surface area (TPSA) is 102 Å². The molecule has 1 saturated heterocycles. The van der Waals surface area contributed by atoms with Crippen LogP contribution in [0.1, 0.15) is 21.7 Å². The molecule has 1 N–H and O–H groups in total. The van der Waals surface area contributed by atoms with Crippen LogP contribution in [0.2, 0.25) is 0 Å². The monoisotopic (exact) mass is 463 g/mol. The van der Waals surface area contributed by atoms with Crippen molar-refractivity contribution in [3.8, 4) is 17.0 Å². The van der Waals surface area contributed by atoms with Crippen molar-refractivity contribution in [1.29, 1.82) is 0 Å². The SMILES string of the molecule is COc1ccc(/C=C2/SC(=O)N(CCNC(=O)c3c(-c4ccccc4)noc3C)C2=O)cc1. The van der Waals surface area contributed by atoms with Gasteiger partial charge in [0.1, 0.15) is 22.8 Å². The minimum Gasteiger partial charge on any atom is -0.497 e. The lowest BCUT2D eigenvalue weighted by molar-refractivity contribution is -0.122. The average Bonchev–Trinajstić information content (AvgIpc) is 3.34. The summed E-state index contributed by atoms with van der Waals surface area (Å²) in [7, 11) is 1.58. The van der Waals surface area contributed by atoms with Gasteiger partial charge >= 0.3 is 0 Å². The van der Waals surface area contributed by atoms with E-state index < -0.39 is 0 Å². The summed E-state index contributed by atoms with van der Waals surface area (Å²) in [5, 5.41) is 6.38. The van der Waals surface area contributed by atoms with Crippen molar-refractivity contribution in [1.82, 2.24) is 15.4 Å². The van der Waals surface area contributed by atoms with Gasteiger partial charge < -0.3 is 14.6 Å². The highest BCUT2D eigenvalue weighted by atomic mass is 32.2. The maximum absolute atomic E-state index is 12.8. The molecule has 3 amide bonds. The molecule has 1 aromatic heterocycles. The highest BCUT2D eigenvalue weighted by Crippen LogP contribution is 2.32. The highest BCUT2D eigenvalue weighted by molar-refractivity contribution is 8.18. The summed E-state index contributed by atoms with van der Waals surface area (Å²) in [6, 6.07) is 16.4. The zero-order valence-corrected chi connectivity index (χ0v) is 18.8. The summed E-state index contributed by atoms with van der Waals surface area (Å²) in [5.74, 6) is 0.323. The first-order chi connectivity index (χ1) is 16.0. The quantitative estimate of drug-likeness (QED) is 0.526. The van der Waals surface area contributed by atoms with Crippen molar-refractivity contribution in [2.24, 2.45) is 0 Å². The Morgan fingerprint density at radius 1 is 1.15 bits per heavy atom. The van der Waals surface area contributed by atoms with Crippen LogP contribution in [0.25, 0.3) is 17.3 Å². The molecule has 0 bridgehead atoms. The summed E-state index contributed by atoms with van der Waals surface area (Å²) < 4.78 is 10.3. The number of aryl methyl sites for hydroxylation is 1. The molecule has 3 aromatic rings. The van der Waals surface area contributed by atoms with Gasteiger partial charge in [-0.3, -0.25) is 19.3 Å². The number of aromatic nitrogens is 1. The van der Waals surface area contributed by atoms with Crippen molar-refractivity contribution >= 4 is 34.9 Å². The minimum atomic E-state index is -0.388. The second-order valence-electron chi connectivity index (χ2n) is 7.19. The number of rotatable bonds is 7. The zero-order chi connectivity index (χ0) is 23.4. The van der Waals surface area contributed by atoms with Crippen LogP contribution in [0.4, 0.5) is 4.79 Å². The summed E-state index contributed by atoms with van der Waals surface area (Å²) in [5.41, 5.74) is 2.31. The first-order valence-electron chi connectivity index (χ1n) is 10.2. The van der Waals surface area contributed by atoms with Crippen LogP contribution in [0.5, 0.6) is 5.75 Å². The third kappa shape index (κ3) is 4.83. The number of nitrogens with one attached hydrogen (secondary N) is 1. The van der Waals surface area contributed by atoms with E-state index in [1.807, 2.05) is 30.3 Å². The molecular weight excluding hydrogens is 442 g/mol. The van der Waals surface area contributed by atoms with E-state index in [9.17, 15) is 14.4 Å². The number of imide groups is 1. The Bertz CT molecular complexity index is 1220. The molecule has 0 atom stereocenters. The van der Waals surface area contributed by atoms with Gasteiger partial charge in [0.2, 0.25) is 0 Å². The Morgan fingerprint density at radius 3 is 2.58 bits per heavy atom. The fourth-order valence-electron chi connectivity index (χ4n) is 3.35. The Balaban J connectivity index is 1.39. The predicted molar refractivity (Wildman–Crippen MR) is 125 cm³/mol. The number of hydrogen-bond acceptors (Lipinski definition) is 7. The molecule has 4 rings (SSSR count). The predicted octanol–water partition coefficient (Wildman–Crippen LogP) is 4.12. The molecule has 9 heteroatoms. The second kappa shape index (κ2) is 9.74. The van der Waals surface area contributed by atoms with Crippen molar-refractivity contribution < 1.29 is 23.6 Å². The first-order valence-corrected chi connectivity index (χ1v) is 11.0. The van der Waals surface area contributed by atoms with Gasteiger partial charge in [-0.25, -0.2) is 0 Å². The third-order valence-corrected chi connectivity index (χ3v) is 5.95. The molecule has 33 heavy (non-hydrogen) atoms. The summed E-state index contributed by atoms with van der Waals surface area (Å²) >= 11 is 0.875. The van der Waals surface area contributed by atoms with E-state index in [2.05, 4.69) is 10.5 Å². The van der Waals surface area contributed by atoms with Crippen LogP contribution < -0.4 is 10.1 Å². The van der Waals surface area contributed by atoms with E-state index in [1.54, 1.807) is 44.4 Å². The van der Waals surface area contributed by atoms with Gasteiger partial charge in [-0.15, -0.1) is 0 Å². The van der Waals surface area contributed by atoms with Gasteiger partial charge in [0.25, 0.3) is 17.1 Å². The van der Waals surface area contributed by atoms with Gasteiger partial charge in [-0.1, -0.05) is 47.6 Å². The van der Waals surface area contributed by atoms with E-state index in [1.165, 1.54) is 0 Å². The van der Waals surface area contributed by atoms with Crippen molar-refractivity contribution in [2.45, 2.75) is 6.92 Å². The molecule has 168 valence electrons. The number of ether oxygens (including phenoxy) is 1. The number of carbonyl (C=O) groups is 3.